The van der Waals surface area contributed by atoms with Crippen molar-refractivity contribution < 1.29 is 5.11 Å². The molecule has 0 fully saturated rings. The number of benzene rings is 2. The Bertz CT molecular complexity index is 576. The number of phenolic OH excluding ortho intramolecular Hbond substituents is 1. The summed E-state index contributed by atoms with van der Waals surface area (Å²) in [6.45, 7) is 4.23. The second-order valence-corrected chi connectivity index (χ2v) is 5.35. The zero-order valence-electron chi connectivity index (χ0n) is 12.5. The fourth-order valence-electron chi connectivity index (χ4n) is 2.28. The molecule has 0 heterocycles. The largest absolute Gasteiger partial charge is 0.508 e. The summed E-state index contributed by atoms with van der Waals surface area (Å²) >= 11 is 0. The number of hydrogen-bond donors (Lipinski definition) is 2. The predicted octanol–water partition coefficient (Wildman–Crippen LogP) is 3.94. The lowest BCUT2D eigenvalue weighted by molar-refractivity contribution is 0.475. The summed E-state index contributed by atoms with van der Waals surface area (Å²) in [4.78, 5) is 2.12. The number of aryl methyl sites for hydroxylation is 1. The van der Waals surface area contributed by atoms with Crippen LogP contribution in [0.1, 0.15) is 24.1 Å². The van der Waals surface area contributed by atoms with Gasteiger partial charge in [-0.2, -0.15) is 0 Å². The molecular weight excluding hydrogens is 248 g/mol. The zero-order valence-corrected chi connectivity index (χ0v) is 12.5. The molecule has 0 saturated carbocycles. The van der Waals surface area contributed by atoms with Crippen LogP contribution in [0.2, 0.25) is 0 Å². The highest BCUT2D eigenvalue weighted by Gasteiger charge is 2.07. The molecule has 3 nitrogen and oxygen atoms in total. The second kappa shape index (κ2) is 5.87. The Morgan fingerprint density at radius 2 is 1.70 bits per heavy atom. The lowest BCUT2D eigenvalue weighted by Gasteiger charge is -2.20. The Kier molecular flexibility index (Phi) is 4.18. The van der Waals surface area contributed by atoms with E-state index in [-0.39, 0.29) is 6.04 Å². The molecule has 0 aliphatic carbocycles. The number of nitrogens with zero attached hydrogens (tertiary/aromatic N) is 1. The van der Waals surface area contributed by atoms with Gasteiger partial charge in [0.2, 0.25) is 0 Å². The Morgan fingerprint density at radius 1 is 1.05 bits per heavy atom. The summed E-state index contributed by atoms with van der Waals surface area (Å²) in [5.41, 5.74) is 4.72. The highest BCUT2D eigenvalue weighted by atomic mass is 16.3. The first-order chi connectivity index (χ1) is 9.47. The van der Waals surface area contributed by atoms with Crippen LogP contribution >= 0.6 is 0 Å². The number of nitrogens with one attached hydrogen (secondary N) is 1. The van der Waals surface area contributed by atoms with Crippen molar-refractivity contribution in [1.82, 2.24) is 0 Å². The smallest absolute Gasteiger partial charge is 0.115 e. The third-order valence-corrected chi connectivity index (χ3v) is 3.47. The zero-order chi connectivity index (χ0) is 14.7. The first-order valence-corrected chi connectivity index (χ1v) is 6.81. The van der Waals surface area contributed by atoms with Crippen LogP contribution in [0.15, 0.2) is 42.5 Å². The van der Waals surface area contributed by atoms with E-state index in [0.29, 0.717) is 5.75 Å². The summed E-state index contributed by atoms with van der Waals surface area (Å²) in [6.07, 6.45) is 0. The molecule has 2 N–H and O–H groups in total. The summed E-state index contributed by atoms with van der Waals surface area (Å²) < 4.78 is 0. The van der Waals surface area contributed by atoms with E-state index in [1.165, 1.54) is 11.3 Å². The first kappa shape index (κ1) is 14.3. The number of hydrogen-bond acceptors (Lipinski definition) is 3. The average molecular weight is 270 g/mol. The Labute approximate surface area is 120 Å². The highest BCUT2D eigenvalue weighted by molar-refractivity contribution is 5.62. The normalized spacial score (nSPS) is 12.0. The number of rotatable bonds is 4. The molecule has 2 rings (SSSR count). The van der Waals surface area contributed by atoms with E-state index in [4.69, 9.17) is 0 Å². The average Bonchev–Trinajstić information content (AvgIpc) is 2.41. The summed E-state index contributed by atoms with van der Waals surface area (Å²) in [7, 11) is 4.10. The van der Waals surface area contributed by atoms with Crippen LogP contribution in [-0.2, 0) is 0 Å². The molecule has 0 radical (unpaired) electrons. The number of anilines is 2. The van der Waals surface area contributed by atoms with Crippen LogP contribution < -0.4 is 10.2 Å². The maximum Gasteiger partial charge on any atom is 0.115 e. The molecule has 2 aromatic rings. The summed E-state index contributed by atoms with van der Waals surface area (Å²) in [5.74, 6) is 0.297. The van der Waals surface area contributed by atoms with Crippen LogP contribution in [0.4, 0.5) is 11.4 Å². The highest BCUT2D eigenvalue weighted by Crippen LogP contribution is 2.26. The monoisotopic (exact) mass is 270 g/mol. The van der Waals surface area contributed by atoms with Gasteiger partial charge in [0.15, 0.2) is 0 Å². The number of aromatic hydroxyl groups is 1. The lowest BCUT2D eigenvalue weighted by atomic mass is 10.1. The molecule has 0 bridgehead atoms. The van der Waals surface area contributed by atoms with E-state index in [0.717, 1.165) is 11.3 Å². The molecule has 3 heteroatoms. The van der Waals surface area contributed by atoms with Crippen LogP contribution in [0.5, 0.6) is 5.75 Å². The molecule has 0 saturated heterocycles. The molecule has 20 heavy (non-hydrogen) atoms. The summed E-state index contributed by atoms with van der Waals surface area (Å²) in [6, 6.07) is 13.9. The third-order valence-electron chi connectivity index (χ3n) is 3.47. The molecule has 0 aliphatic heterocycles. The molecule has 2 aromatic carbocycles. The molecule has 0 spiro atoms. The molecule has 1 unspecified atom stereocenters. The lowest BCUT2D eigenvalue weighted by Crippen LogP contribution is -2.12. The van der Waals surface area contributed by atoms with E-state index in [2.05, 4.69) is 56.4 Å². The van der Waals surface area contributed by atoms with E-state index in [1.54, 1.807) is 12.1 Å². The van der Waals surface area contributed by atoms with E-state index < -0.39 is 0 Å². The molecule has 0 aromatic heterocycles. The Hall–Kier alpha value is -2.16. The van der Waals surface area contributed by atoms with Crippen LogP contribution in [-0.4, -0.2) is 19.2 Å². The predicted molar refractivity (Wildman–Crippen MR) is 85.7 cm³/mol. The number of phenols is 1. The van der Waals surface area contributed by atoms with Crippen molar-refractivity contribution in [2.24, 2.45) is 0 Å². The standard InChI is InChI=1S/C17H22N2O/c1-12-5-8-15(11-17(12)19(3)4)18-13(2)14-6-9-16(20)10-7-14/h5-11,13,18,20H,1-4H3. The molecular formula is C17H22N2O. The van der Waals surface area contributed by atoms with Crippen molar-refractivity contribution in [3.05, 3.63) is 53.6 Å². The van der Waals surface area contributed by atoms with Gasteiger partial charge in [-0.15, -0.1) is 0 Å². The third kappa shape index (κ3) is 3.23. The maximum absolute atomic E-state index is 9.33. The summed E-state index contributed by atoms with van der Waals surface area (Å²) in [5, 5.41) is 12.8. The fraction of sp³-hybridized carbons (Fsp3) is 0.294. The van der Waals surface area contributed by atoms with Crippen molar-refractivity contribution >= 4 is 11.4 Å². The first-order valence-electron chi connectivity index (χ1n) is 6.81. The van der Waals surface area contributed by atoms with Gasteiger partial charge in [-0.3, -0.25) is 0 Å². The van der Waals surface area contributed by atoms with Crippen molar-refractivity contribution in [3.63, 3.8) is 0 Å². The van der Waals surface area contributed by atoms with Crippen LogP contribution in [0.25, 0.3) is 0 Å². The van der Waals surface area contributed by atoms with E-state index >= 15 is 0 Å². The Balaban J connectivity index is 2.17. The van der Waals surface area contributed by atoms with E-state index in [1.807, 2.05) is 12.1 Å². The van der Waals surface area contributed by atoms with Crippen LogP contribution in [0, 0.1) is 6.92 Å². The van der Waals surface area contributed by atoms with Gasteiger partial charge >= 0.3 is 0 Å². The van der Waals surface area contributed by atoms with Gasteiger partial charge in [0, 0.05) is 31.5 Å². The SMILES string of the molecule is Cc1ccc(NC(C)c2ccc(O)cc2)cc1N(C)C. The van der Waals surface area contributed by atoms with Crippen molar-refractivity contribution in [2.45, 2.75) is 19.9 Å². The maximum atomic E-state index is 9.33. The van der Waals surface area contributed by atoms with Gasteiger partial charge in [0.05, 0.1) is 0 Å². The van der Waals surface area contributed by atoms with Gasteiger partial charge in [-0.25, -0.2) is 0 Å². The van der Waals surface area contributed by atoms with Crippen molar-refractivity contribution in [2.75, 3.05) is 24.3 Å². The van der Waals surface area contributed by atoms with Gasteiger partial charge in [-0.1, -0.05) is 18.2 Å². The van der Waals surface area contributed by atoms with Crippen LogP contribution in [0.3, 0.4) is 0 Å². The van der Waals surface area contributed by atoms with Crippen molar-refractivity contribution in [1.29, 1.82) is 0 Å². The van der Waals surface area contributed by atoms with Gasteiger partial charge in [0.1, 0.15) is 5.75 Å². The van der Waals surface area contributed by atoms with E-state index in [9.17, 15) is 5.11 Å². The topological polar surface area (TPSA) is 35.5 Å². The fourth-order valence-corrected chi connectivity index (χ4v) is 2.28. The quantitative estimate of drug-likeness (QED) is 0.883. The Morgan fingerprint density at radius 3 is 2.30 bits per heavy atom. The van der Waals surface area contributed by atoms with Gasteiger partial charge in [-0.05, 0) is 49.2 Å². The minimum atomic E-state index is 0.188. The molecule has 0 aliphatic rings. The van der Waals surface area contributed by atoms with Gasteiger partial charge in [0.25, 0.3) is 0 Å². The minimum absolute atomic E-state index is 0.188. The molecule has 0 amide bonds. The molecule has 1 atom stereocenters. The van der Waals surface area contributed by atoms with Crippen molar-refractivity contribution in [3.8, 4) is 5.75 Å². The second-order valence-electron chi connectivity index (χ2n) is 5.35. The minimum Gasteiger partial charge on any atom is -0.508 e. The molecule has 106 valence electrons. The van der Waals surface area contributed by atoms with Gasteiger partial charge < -0.3 is 15.3 Å².